The number of halogens is 1. The molecule has 5 heteroatoms. The zero-order chi connectivity index (χ0) is 13.7. The lowest BCUT2D eigenvalue weighted by Crippen LogP contribution is -2.19. The largest absolute Gasteiger partial charge is 0.468 e. The van der Waals surface area contributed by atoms with Gasteiger partial charge in [-0.25, -0.2) is 0 Å². The maximum atomic E-state index is 5.53. The van der Waals surface area contributed by atoms with Crippen molar-refractivity contribution in [1.29, 1.82) is 0 Å². The predicted molar refractivity (Wildman–Crippen MR) is 83.3 cm³/mol. The molecule has 0 aliphatic carbocycles. The van der Waals surface area contributed by atoms with E-state index in [1.54, 1.807) is 17.6 Å². The van der Waals surface area contributed by atoms with E-state index in [4.69, 9.17) is 4.42 Å². The number of hydrogen-bond acceptors (Lipinski definition) is 4. The van der Waals surface area contributed by atoms with E-state index in [2.05, 4.69) is 57.6 Å². The van der Waals surface area contributed by atoms with Crippen molar-refractivity contribution in [2.75, 3.05) is 13.6 Å². The molecular formula is C14H19BrN2OS. The maximum absolute atomic E-state index is 5.53. The average Bonchev–Trinajstić information content (AvgIpc) is 2.96. The fourth-order valence-electron chi connectivity index (χ4n) is 1.99. The zero-order valence-electron chi connectivity index (χ0n) is 11.3. The number of nitrogens with zero attached hydrogens (tertiary/aromatic N) is 1. The predicted octanol–water partition coefficient (Wildman–Crippen LogP) is 3.85. The highest BCUT2D eigenvalue weighted by atomic mass is 79.9. The Morgan fingerprint density at radius 2 is 2.26 bits per heavy atom. The van der Waals surface area contributed by atoms with Crippen molar-refractivity contribution in [1.82, 2.24) is 10.2 Å². The van der Waals surface area contributed by atoms with Crippen molar-refractivity contribution in [2.24, 2.45) is 0 Å². The van der Waals surface area contributed by atoms with Gasteiger partial charge in [-0.1, -0.05) is 6.92 Å². The topological polar surface area (TPSA) is 28.4 Å². The molecule has 0 saturated heterocycles. The Bertz CT molecular complexity index is 509. The molecule has 2 aromatic rings. The minimum Gasteiger partial charge on any atom is -0.468 e. The van der Waals surface area contributed by atoms with Gasteiger partial charge < -0.3 is 9.73 Å². The van der Waals surface area contributed by atoms with Gasteiger partial charge in [-0.15, -0.1) is 11.3 Å². The van der Waals surface area contributed by atoms with Crippen molar-refractivity contribution < 1.29 is 4.42 Å². The summed E-state index contributed by atoms with van der Waals surface area (Å²) in [6.07, 6.45) is 1.77. The third kappa shape index (κ3) is 4.45. The minimum atomic E-state index is 0.802. The van der Waals surface area contributed by atoms with E-state index in [0.29, 0.717) is 0 Å². The Hall–Kier alpha value is -0.620. The molecule has 0 atom stereocenters. The lowest BCUT2D eigenvalue weighted by atomic mass is 10.2. The Labute approximate surface area is 126 Å². The second-order valence-corrected chi connectivity index (χ2v) is 6.87. The zero-order valence-corrected chi connectivity index (χ0v) is 13.7. The van der Waals surface area contributed by atoms with Crippen LogP contribution >= 0.6 is 27.3 Å². The molecular weight excluding hydrogens is 324 g/mol. The minimum absolute atomic E-state index is 0.802. The average molecular weight is 343 g/mol. The van der Waals surface area contributed by atoms with E-state index in [9.17, 15) is 0 Å². The molecule has 0 aliphatic heterocycles. The first kappa shape index (κ1) is 14.8. The quantitative estimate of drug-likeness (QED) is 0.828. The van der Waals surface area contributed by atoms with Gasteiger partial charge in [0.05, 0.1) is 16.6 Å². The van der Waals surface area contributed by atoms with Crippen molar-refractivity contribution in [3.63, 3.8) is 0 Å². The number of hydrogen-bond donors (Lipinski definition) is 1. The third-order valence-corrected chi connectivity index (χ3v) is 4.44. The molecule has 2 rings (SSSR count). The van der Waals surface area contributed by atoms with Crippen LogP contribution in [0.5, 0.6) is 0 Å². The molecule has 3 nitrogen and oxygen atoms in total. The Morgan fingerprint density at radius 1 is 1.42 bits per heavy atom. The third-order valence-electron chi connectivity index (χ3n) is 2.89. The Kier molecular flexibility index (Phi) is 5.63. The second-order valence-electron chi connectivity index (χ2n) is 4.58. The summed E-state index contributed by atoms with van der Waals surface area (Å²) < 4.78 is 6.71. The van der Waals surface area contributed by atoms with Crippen molar-refractivity contribution in [2.45, 2.75) is 26.6 Å². The van der Waals surface area contributed by atoms with Gasteiger partial charge in [-0.2, -0.15) is 0 Å². The molecule has 0 saturated carbocycles. The Morgan fingerprint density at radius 3 is 2.95 bits per heavy atom. The van der Waals surface area contributed by atoms with E-state index in [0.717, 1.165) is 31.9 Å². The van der Waals surface area contributed by atoms with Crippen LogP contribution in [0.1, 0.15) is 23.8 Å². The van der Waals surface area contributed by atoms with Crippen LogP contribution in [0.4, 0.5) is 0 Å². The van der Waals surface area contributed by atoms with Gasteiger partial charge >= 0.3 is 0 Å². The monoisotopic (exact) mass is 342 g/mol. The molecule has 0 bridgehead atoms. The summed E-state index contributed by atoms with van der Waals surface area (Å²) >= 11 is 5.23. The van der Waals surface area contributed by atoms with Crippen LogP contribution in [0, 0.1) is 0 Å². The molecule has 0 aliphatic rings. The van der Waals surface area contributed by atoms with Gasteiger partial charge in [-0.05, 0) is 52.6 Å². The first-order valence-corrected chi connectivity index (χ1v) is 8.03. The van der Waals surface area contributed by atoms with Gasteiger partial charge in [0.15, 0.2) is 0 Å². The van der Waals surface area contributed by atoms with Crippen LogP contribution in [-0.2, 0) is 19.6 Å². The molecule has 0 spiro atoms. The van der Waals surface area contributed by atoms with Crippen LogP contribution in [0.3, 0.4) is 0 Å². The summed E-state index contributed by atoms with van der Waals surface area (Å²) in [6.45, 7) is 5.72. The van der Waals surface area contributed by atoms with E-state index < -0.39 is 0 Å². The van der Waals surface area contributed by atoms with Crippen LogP contribution in [0.2, 0.25) is 0 Å². The van der Waals surface area contributed by atoms with Gasteiger partial charge in [-0.3, -0.25) is 4.90 Å². The van der Waals surface area contributed by atoms with Crippen LogP contribution < -0.4 is 5.32 Å². The van der Waals surface area contributed by atoms with Crippen molar-refractivity contribution in [3.8, 4) is 0 Å². The summed E-state index contributed by atoms with van der Waals surface area (Å²) in [5.41, 5.74) is 2.61. The van der Waals surface area contributed by atoms with Crippen LogP contribution in [0.15, 0.2) is 32.0 Å². The summed E-state index contributed by atoms with van der Waals surface area (Å²) in [6, 6.07) is 4.24. The number of furan rings is 1. The molecule has 0 amide bonds. The van der Waals surface area contributed by atoms with E-state index in [1.165, 1.54) is 14.9 Å². The highest BCUT2D eigenvalue weighted by molar-refractivity contribution is 9.11. The molecule has 0 radical (unpaired) electrons. The molecule has 19 heavy (non-hydrogen) atoms. The molecule has 0 aromatic carbocycles. The first-order chi connectivity index (χ1) is 9.19. The van der Waals surface area contributed by atoms with Crippen molar-refractivity contribution in [3.05, 3.63) is 44.4 Å². The van der Waals surface area contributed by atoms with Gasteiger partial charge in [0, 0.05) is 18.7 Å². The van der Waals surface area contributed by atoms with E-state index >= 15 is 0 Å². The lowest BCUT2D eigenvalue weighted by Gasteiger charge is -2.15. The standard InChI is InChI=1S/C14H19BrN2OS/c1-3-16-7-13-12(4-5-18-13)9-17(2)8-11-6-14(15)19-10-11/h4-6,10,16H,3,7-9H2,1-2H3. The Balaban J connectivity index is 1.91. The molecule has 0 unspecified atom stereocenters. The molecule has 104 valence electrons. The fraction of sp³-hybridized carbons (Fsp3) is 0.429. The number of thiophene rings is 1. The molecule has 2 heterocycles. The highest BCUT2D eigenvalue weighted by Gasteiger charge is 2.09. The van der Waals surface area contributed by atoms with Gasteiger partial charge in [0.25, 0.3) is 0 Å². The number of rotatable bonds is 7. The van der Waals surface area contributed by atoms with Crippen molar-refractivity contribution >= 4 is 27.3 Å². The SMILES string of the molecule is CCNCc1occc1CN(C)Cc1csc(Br)c1. The van der Waals surface area contributed by atoms with Gasteiger partial charge in [0.1, 0.15) is 5.76 Å². The fourth-order valence-corrected chi connectivity index (χ4v) is 3.19. The van der Waals surface area contributed by atoms with E-state index in [-0.39, 0.29) is 0 Å². The highest BCUT2D eigenvalue weighted by Crippen LogP contribution is 2.22. The van der Waals surface area contributed by atoms with Crippen LogP contribution in [0.25, 0.3) is 0 Å². The summed E-state index contributed by atoms with van der Waals surface area (Å²) in [4.78, 5) is 2.30. The first-order valence-electron chi connectivity index (χ1n) is 6.36. The summed E-state index contributed by atoms with van der Waals surface area (Å²) in [5.74, 6) is 1.04. The molecule has 1 N–H and O–H groups in total. The van der Waals surface area contributed by atoms with Crippen LogP contribution in [-0.4, -0.2) is 18.5 Å². The van der Waals surface area contributed by atoms with E-state index in [1.807, 2.05) is 0 Å². The smallest absolute Gasteiger partial charge is 0.122 e. The maximum Gasteiger partial charge on any atom is 0.122 e. The van der Waals surface area contributed by atoms with Gasteiger partial charge in [0.2, 0.25) is 0 Å². The lowest BCUT2D eigenvalue weighted by molar-refractivity contribution is 0.315. The molecule has 2 aromatic heterocycles. The summed E-state index contributed by atoms with van der Waals surface area (Å²) in [7, 11) is 2.13. The molecule has 0 fully saturated rings. The normalized spacial score (nSPS) is 11.4. The second kappa shape index (κ2) is 7.24. The number of nitrogens with one attached hydrogen (secondary N) is 1. The summed E-state index contributed by atoms with van der Waals surface area (Å²) in [5, 5.41) is 5.49.